The smallest absolute Gasteiger partial charge is 0.215 e. The lowest BCUT2D eigenvalue weighted by Crippen LogP contribution is -2.26. The van der Waals surface area contributed by atoms with E-state index in [9.17, 15) is 8.42 Å². The Morgan fingerprint density at radius 1 is 1.41 bits per heavy atom. The maximum atomic E-state index is 11.7. The van der Waals surface area contributed by atoms with Gasteiger partial charge in [-0.05, 0) is 24.6 Å². The van der Waals surface area contributed by atoms with Crippen LogP contribution in [0.2, 0.25) is 0 Å². The summed E-state index contributed by atoms with van der Waals surface area (Å²) in [6, 6.07) is 6.86. The first-order valence-corrected chi connectivity index (χ1v) is 6.90. The molecule has 0 unspecified atom stereocenters. The molecule has 0 fully saturated rings. The number of hydrogen-bond acceptors (Lipinski definition) is 3. The zero-order valence-corrected chi connectivity index (χ0v) is 10.5. The first-order chi connectivity index (χ1) is 8.03. The molecule has 4 nitrogen and oxygen atoms in total. The molecule has 17 heavy (non-hydrogen) atoms. The van der Waals surface area contributed by atoms with Gasteiger partial charge in [0.05, 0.1) is 5.75 Å². The molecular weight excluding hydrogens is 236 g/mol. The number of nitrogens with one attached hydrogen (secondary N) is 1. The van der Waals surface area contributed by atoms with Crippen LogP contribution in [0.3, 0.4) is 0 Å². The molecular formula is C12H16N2O2S. The third kappa shape index (κ3) is 5.38. The van der Waals surface area contributed by atoms with E-state index in [-0.39, 0.29) is 5.75 Å². The molecule has 0 atom stereocenters. The van der Waals surface area contributed by atoms with Gasteiger partial charge >= 0.3 is 0 Å². The number of benzene rings is 1. The van der Waals surface area contributed by atoms with Crippen molar-refractivity contribution < 1.29 is 8.42 Å². The van der Waals surface area contributed by atoms with Gasteiger partial charge in [-0.25, -0.2) is 13.1 Å². The fourth-order valence-corrected chi connectivity index (χ4v) is 2.48. The van der Waals surface area contributed by atoms with Gasteiger partial charge in [-0.3, -0.25) is 0 Å². The topological polar surface area (TPSA) is 72.2 Å². The largest absolute Gasteiger partial charge is 0.399 e. The number of anilines is 1. The number of rotatable bonds is 5. The number of sulfonamides is 1. The summed E-state index contributed by atoms with van der Waals surface area (Å²) in [5.41, 5.74) is 6.83. The van der Waals surface area contributed by atoms with Gasteiger partial charge in [-0.15, -0.1) is 11.8 Å². The van der Waals surface area contributed by atoms with Crippen molar-refractivity contribution in [3.63, 3.8) is 0 Å². The lowest BCUT2D eigenvalue weighted by molar-refractivity contribution is 0.581. The van der Waals surface area contributed by atoms with Crippen molar-refractivity contribution in [3.8, 4) is 11.8 Å². The van der Waals surface area contributed by atoms with Crippen LogP contribution in [0, 0.1) is 11.8 Å². The van der Waals surface area contributed by atoms with E-state index < -0.39 is 10.0 Å². The van der Waals surface area contributed by atoms with E-state index in [2.05, 4.69) is 16.6 Å². The molecule has 0 aliphatic carbocycles. The van der Waals surface area contributed by atoms with Crippen LogP contribution >= 0.6 is 0 Å². The maximum Gasteiger partial charge on any atom is 0.215 e. The summed E-state index contributed by atoms with van der Waals surface area (Å²) in [6.07, 6.45) is 0.520. The van der Waals surface area contributed by atoms with Gasteiger partial charge < -0.3 is 5.73 Å². The summed E-state index contributed by atoms with van der Waals surface area (Å²) in [5.74, 6) is 5.45. The fraction of sp³-hybridized carbons (Fsp3) is 0.333. The summed E-state index contributed by atoms with van der Waals surface area (Å²) < 4.78 is 25.8. The van der Waals surface area contributed by atoms with Gasteiger partial charge in [0.25, 0.3) is 0 Å². The normalized spacial score (nSPS) is 10.6. The molecule has 5 heteroatoms. The van der Waals surface area contributed by atoms with Gasteiger partial charge in [-0.2, -0.15) is 0 Å². The lowest BCUT2D eigenvalue weighted by Gasteiger charge is -2.05. The monoisotopic (exact) mass is 252 g/mol. The van der Waals surface area contributed by atoms with Crippen molar-refractivity contribution >= 4 is 15.7 Å². The quantitative estimate of drug-likeness (QED) is 0.468. The van der Waals surface area contributed by atoms with Gasteiger partial charge in [0.15, 0.2) is 0 Å². The Morgan fingerprint density at radius 2 is 2.18 bits per heavy atom. The summed E-state index contributed by atoms with van der Waals surface area (Å²) in [7, 11) is -3.31. The molecule has 0 aromatic heterocycles. The maximum absolute atomic E-state index is 11.7. The van der Waals surface area contributed by atoms with E-state index in [4.69, 9.17) is 5.73 Å². The highest BCUT2D eigenvalue weighted by atomic mass is 32.2. The first kappa shape index (κ1) is 13.6. The Kier molecular flexibility index (Phi) is 5.01. The highest BCUT2D eigenvalue weighted by Crippen LogP contribution is 2.09. The van der Waals surface area contributed by atoms with Gasteiger partial charge in [0.1, 0.15) is 0 Å². The number of hydrogen-bond donors (Lipinski definition) is 2. The Morgan fingerprint density at radius 3 is 2.82 bits per heavy atom. The van der Waals surface area contributed by atoms with Crippen LogP contribution in [0.1, 0.15) is 18.9 Å². The molecule has 0 heterocycles. The van der Waals surface area contributed by atoms with E-state index in [0.29, 0.717) is 24.2 Å². The Balaban J connectivity index is 2.56. The molecule has 1 aromatic rings. The zero-order chi connectivity index (χ0) is 12.7. The summed E-state index contributed by atoms with van der Waals surface area (Å²) >= 11 is 0. The molecule has 0 saturated heterocycles. The van der Waals surface area contributed by atoms with E-state index in [1.807, 2.05) is 0 Å². The first-order valence-electron chi connectivity index (χ1n) is 5.25. The number of nitrogen functional groups attached to an aromatic ring is 1. The highest BCUT2D eigenvalue weighted by Gasteiger charge is 2.10. The summed E-state index contributed by atoms with van der Waals surface area (Å²) in [5, 5.41) is 0. The van der Waals surface area contributed by atoms with Crippen molar-refractivity contribution in [2.75, 3.05) is 12.3 Å². The van der Waals surface area contributed by atoms with Crippen molar-refractivity contribution in [1.29, 1.82) is 0 Å². The Hall–Kier alpha value is -1.51. The average Bonchev–Trinajstić information content (AvgIpc) is 2.24. The highest BCUT2D eigenvalue weighted by molar-refractivity contribution is 7.88. The van der Waals surface area contributed by atoms with Gasteiger partial charge in [0, 0.05) is 18.7 Å². The minimum Gasteiger partial charge on any atom is -0.399 e. The van der Waals surface area contributed by atoms with Gasteiger partial charge in [-0.1, -0.05) is 12.1 Å². The molecule has 0 aliphatic rings. The average molecular weight is 252 g/mol. The predicted octanol–water partition coefficient (Wildman–Crippen LogP) is 1.10. The van der Waals surface area contributed by atoms with Crippen LogP contribution in [0.4, 0.5) is 5.69 Å². The predicted molar refractivity (Wildman–Crippen MR) is 69.5 cm³/mol. The van der Waals surface area contributed by atoms with Crippen molar-refractivity contribution in [1.82, 2.24) is 4.72 Å². The van der Waals surface area contributed by atoms with E-state index >= 15 is 0 Å². The second-order valence-corrected chi connectivity index (χ2v) is 5.38. The standard InChI is InChI=1S/C12H16N2O2S/c1-2-3-4-8-14-17(15,16)10-11-6-5-7-12(13)9-11/h5-7,9,14H,4,8,10,13H2,1H3. The molecule has 0 aliphatic heterocycles. The fourth-order valence-electron chi connectivity index (χ4n) is 1.35. The van der Waals surface area contributed by atoms with Crippen LogP contribution in [-0.4, -0.2) is 15.0 Å². The SMILES string of the molecule is CC#CCCNS(=O)(=O)Cc1cccc(N)c1. The van der Waals surface area contributed by atoms with Crippen LogP contribution in [0.15, 0.2) is 24.3 Å². The number of nitrogens with two attached hydrogens (primary N) is 1. The van der Waals surface area contributed by atoms with E-state index in [1.165, 1.54) is 0 Å². The van der Waals surface area contributed by atoms with Crippen LogP contribution in [0.5, 0.6) is 0 Å². The molecule has 0 bridgehead atoms. The minimum absolute atomic E-state index is 0.0579. The summed E-state index contributed by atoms with van der Waals surface area (Å²) in [4.78, 5) is 0. The third-order valence-electron chi connectivity index (χ3n) is 2.06. The second kappa shape index (κ2) is 6.28. The Labute approximate surface area is 102 Å². The van der Waals surface area contributed by atoms with E-state index in [0.717, 1.165) is 0 Å². The van der Waals surface area contributed by atoms with Crippen molar-refractivity contribution in [3.05, 3.63) is 29.8 Å². The van der Waals surface area contributed by atoms with Crippen LogP contribution in [-0.2, 0) is 15.8 Å². The molecule has 1 aromatic carbocycles. The zero-order valence-electron chi connectivity index (χ0n) is 9.73. The molecule has 3 N–H and O–H groups in total. The molecule has 92 valence electrons. The lowest BCUT2D eigenvalue weighted by atomic mass is 10.2. The molecule has 0 spiro atoms. The minimum atomic E-state index is -3.31. The molecule has 0 saturated carbocycles. The van der Waals surface area contributed by atoms with Crippen LogP contribution in [0.25, 0.3) is 0 Å². The Bertz CT molecular complexity index is 527. The van der Waals surface area contributed by atoms with Crippen molar-refractivity contribution in [2.24, 2.45) is 0 Å². The molecule has 0 amide bonds. The molecule has 1 rings (SSSR count). The van der Waals surface area contributed by atoms with Crippen molar-refractivity contribution in [2.45, 2.75) is 19.1 Å². The van der Waals surface area contributed by atoms with E-state index in [1.54, 1.807) is 31.2 Å². The summed E-state index contributed by atoms with van der Waals surface area (Å²) in [6.45, 7) is 2.06. The second-order valence-electron chi connectivity index (χ2n) is 3.58. The third-order valence-corrected chi connectivity index (χ3v) is 3.41. The van der Waals surface area contributed by atoms with Gasteiger partial charge in [0.2, 0.25) is 10.0 Å². The molecule has 0 radical (unpaired) electrons. The van der Waals surface area contributed by atoms with Crippen LogP contribution < -0.4 is 10.5 Å².